The second-order valence-electron chi connectivity index (χ2n) is 8.30. The average molecular weight is 325 g/mol. The van der Waals surface area contributed by atoms with Gasteiger partial charge in [0.15, 0.2) is 0 Å². The molecule has 0 aromatic heterocycles. The Kier molecular flexibility index (Phi) is 8.06. The summed E-state index contributed by atoms with van der Waals surface area (Å²) in [6.45, 7) is 20.7. The van der Waals surface area contributed by atoms with Crippen LogP contribution in [0.3, 0.4) is 0 Å². The van der Waals surface area contributed by atoms with Crippen LogP contribution in [0.4, 0.5) is 0 Å². The first-order chi connectivity index (χ1) is 10.8. The van der Waals surface area contributed by atoms with Crippen molar-refractivity contribution in [1.29, 1.82) is 0 Å². The minimum absolute atomic E-state index is 0.235. The lowest BCUT2D eigenvalue weighted by Gasteiger charge is -2.46. The van der Waals surface area contributed by atoms with E-state index >= 15 is 0 Å². The van der Waals surface area contributed by atoms with Crippen molar-refractivity contribution >= 4 is 5.91 Å². The Labute approximate surface area is 144 Å². The number of amides is 1. The third-order valence-electron chi connectivity index (χ3n) is 5.95. The normalized spacial score (nSPS) is 25.9. The van der Waals surface area contributed by atoms with E-state index in [0.29, 0.717) is 0 Å². The minimum Gasteiger partial charge on any atom is -0.342 e. The molecule has 3 nitrogen and oxygen atoms in total. The molecule has 136 valence electrons. The number of piperidine rings is 2. The molecular weight excluding hydrogens is 284 g/mol. The summed E-state index contributed by atoms with van der Waals surface area (Å²) < 4.78 is 0. The lowest BCUT2D eigenvalue weighted by molar-refractivity contribution is -0.133. The van der Waals surface area contributed by atoms with Gasteiger partial charge in [0.25, 0.3) is 0 Å². The second-order valence-corrected chi connectivity index (χ2v) is 8.30. The monoisotopic (exact) mass is 324 g/mol. The van der Waals surface area contributed by atoms with E-state index in [0.717, 1.165) is 37.3 Å². The van der Waals surface area contributed by atoms with E-state index in [9.17, 15) is 4.79 Å². The van der Waals surface area contributed by atoms with Crippen molar-refractivity contribution in [2.45, 2.75) is 67.7 Å². The molecule has 0 bridgehead atoms. The molecule has 2 fully saturated rings. The first kappa shape index (κ1) is 20.5. The summed E-state index contributed by atoms with van der Waals surface area (Å²) in [7, 11) is 0. The van der Waals surface area contributed by atoms with E-state index in [4.69, 9.17) is 0 Å². The van der Waals surface area contributed by atoms with Crippen molar-refractivity contribution in [1.82, 2.24) is 9.80 Å². The Balaban J connectivity index is 0.00000127. The zero-order chi connectivity index (χ0) is 17.6. The number of nitrogens with zero attached hydrogens (tertiary/aromatic N) is 2. The van der Waals surface area contributed by atoms with E-state index in [1.165, 1.54) is 32.5 Å². The lowest BCUT2D eigenvalue weighted by atomic mass is 9.73. The summed E-state index contributed by atoms with van der Waals surface area (Å²) in [6.07, 6.45) is 3.89. The largest absolute Gasteiger partial charge is 0.342 e. The van der Waals surface area contributed by atoms with Gasteiger partial charge in [0.1, 0.15) is 0 Å². The van der Waals surface area contributed by atoms with Gasteiger partial charge in [-0.05, 0) is 55.5 Å². The van der Waals surface area contributed by atoms with E-state index in [1.807, 2.05) is 18.7 Å². The van der Waals surface area contributed by atoms with Gasteiger partial charge in [-0.1, -0.05) is 41.5 Å². The molecule has 0 saturated carbocycles. The van der Waals surface area contributed by atoms with Gasteiger partial charge in [-0.2, -0.15) is 0 Å². The Morgan fingerprint density at radius 2 is 1.65 bits per heavy atom. The fourth-order valence-corrected chi connectivity index (χ4v) is 4.12. The molecule has 0 radical (unpaired) electrons. The highest BCUT2D eigenvalue weighted by atomic mass is 16.2. The molecule has 1 atom stereocenters. The van der Waals surface area contributed by atoms with Crippen LogP contribution in [0.15, 0.2) is 0 Å². The quantitative estimate of drug-likeness (QED) is 0.774. The topological polar surface area (TPSA) is 23.6 Å². The van der Waals surface area contributed by atoms with E-state index in [2.05, 4.69) is 32.6 Å². The van der Waals surface area contributed by atoms with Crippen LogP contribution in [0.25, 0.3) is 0 Å². The fraction of sp³-hybridized carbons (Fsp3) is 0.950. The molecule has 0 aliphatic carbocycles. The molecule has 2 heterocycles. The number of hydrogen-bond donors (Lipinski definition) is 0. The van der Waals surface area contributed by atoms with Crippen LogP contribution < -0.4 is 0 Å². The molecule has 2 aliphatic heterocycles. The number of carbonyl (C=O) groups is 1. The Hall–Kier alpha value is -0.570. The van der Waals surface area contributed by atoms with Gasteiger partial charge in [0.2, 0.25) is 5.91 Å². The zero-order valence-corrected chi connectivity index (χ0v) is 16.7. The molecule has 1 amide bonds. The molecule has 0 spiro atoms. The third kappa shape index (κ3) is 5.77. The molecule has 2 rings (SSSR count). The van der Waals surface area contributed by atoms with Gasteiger partial charge in [0.05, 0.1) is 0 Å². The van der Waals surface area contributed by atoms with Crippen LogP contribution in [-0.4, -0.2) is 48.4 Å². The van der Waals surface area contributed by atoms with Crippen LogP contribution >= 0.6 is 0 Å². The maximum atomic E-state index is 11.6. The van der Waals surface area contributed by atoms with Gasteiger partial charge < -0.3 is 9.80 Å². The number of rotatable bonds is 3. The maximum absolute atomic E-state index is 11.6. The lowest BCUT2D eigenvalue weighted by Crippen LogP contribution is -2.51. The number of hydrogen-bond acceptors (Lipinski definition) is 2. The van der Waals surface area contributed by atoms with Crippen molar-refractivity contribution in [3.05, 3.63) is 0 Å². The number of likely N-dealkylation sites (tertiary alicyclic amines) is 2. The average Bonchev–Trinajstić information content (AvgIpc) is 2.51. The van der Waals surface area contributed by atoms with Crippen LogP contribution in [-0.2, 0) is 4.79 Å². The van der Waals surface area contributed by atoms with Crippen molar-refractivity contribution < 1.29 is 4.79 Å². The first-order valence-corrected chi connectivity index (χ1v) is 9.77. The van der Waals surface area contributed by atoms with Crippen molar-refractivity contribution in [2.24, 2.45) is 23.2 Å². The van der Waals surface area contributed by atoms with E-state index in [-0.39, 0.29) is 11.3 Å². The highest BCUT2D eigenvalue weighted by Gasteiger charge is 2.37. The molecule has 2 saturated heterocycles. The summed E-state index contributed by atoms with van der Waals surface area (Å²) in [5.41, 5.74) is 0.249. The maximum Gasteiger partial charge on any atom is 0.219 e. The predicted octanol–water partition coefficient (Wildman–Crippen LogP) is 4.28. The smallest absolute Gasteiger partial charge is 0.219 e. The summed E-state index contributed by atoms with van der Waals surface area (Å²) in [5, 5.41) is 0. The SMILES string of the molecule is CC.CC(=O)N1CC[C@H](CN2CCC(C(C)C)CC2)C(C)(C)C1. The van der Waals surface area contributed by atoms with Crippen LogP contribution in [0.2, 0.25) is 0 Å². The van der Waals surface area contributed by atoms with Crippen molar-refractivity contribution in [3.8, 4) is 0 Å². The second kappa shape index (κ2) is 9.05. The molecule has 0 aromatic carbocycles. The summed E-state index contributed by atoms with van der Waals surface area (Å²) >= 11 is 0. The van der Waals surface area contributed by atoms with Gasteiger partial charge >= 0.3 is 0 Å². The van der Waals surface area contributed by atoms with E-state index in [1.54, 1.807) is 6.92 Å². The highest BCUT2D eigenvalue weighted by Crippen LogP contribution is 2.36. The highest BCUT2D eigenvalue weighted by molar-refractivity contribution is 5.73. The summed E-state index contributed by atoms with van der Waals surface area (Å²) in [5.74, 6) is 2.72. The Morgan fingerprint density at radius 3 is 2.09 bits per heavy atom. The molecule has 2 aliphatic rings. The molecule has 3 heteroatoms. The predicted molar refractivity (Wildman–Crippen MR) is 99.5 cm³/mol. The van der Waals surface area contributed by atoms with Crippen molar-refractivity contribution in [3.63, 3.8) is 0 Å². The zero-order valence-electron chi connectivity index (χ0n) is 16.7. The first-order valence-electron chi connectivity index (χ1n) is 9.77. The van der Waals surface area contributed by atoms with Gasteiger partial charge in [-0.25, -0.2) is 0 Å². The molecule has 23 heavy (non-hydrogen) atoms. The Bertz CT molecular complexity index is 357. The van der Waals surface area contributed by atoms with Crippen LogP contribution in [0, 0.1) is 23.2 Å². The molecule has 0 unspecified atom stereocenters. The van der Waals surface area contributed by atoms with Crippen molar-refractivity contribution in [2.75, 3.05) is 32.7 Å². The Morgan fingerprint density at radius 1 is 1.09 bits per heavy atom. The van der Waals surface area contributed by atoms with E-state index < -0.39 is 0 Å². The standard InChI is InChI=1S/C18H34N2O.C2H6/c1-14(2)16-6-9-19(10-7-16)12-17-8-11-20(15(3)21)13-18(17,4)5;1-2/h14,16-17H,6-13H2,1-5H3;1-2H3/t17-;/m1./s1. The summed E-state index contributed by atoms with van der Waals surface area (Å²) in [6, 6.07) is 0. The number of carbonyl (C=O) groups excluding carboxylic acids is 1. The minimum atomic E-state index is 0.235. The van der Waals surface area contributed by atoms with Gasteiger partial charge in [-0.3, -0.25) is 4.79 Å². The van der Waals surface area contributed by atoms with Crippen LogP contribution in [0.5, 0.6) is 0 Å². The fourth-order valence-electron chi connectivity index (χ4n) is 4.12. The van der Waals surface area contributed by atoms with Gasteiger partial charge in [0, 0.05) is 26.6 Å². The van der Waals surface area contributed by atoms with Gasteiger partial charge in [-0.15, -0.1) is 0 Å². The third-order valence-corrected chi connectivity index (χ3v) is 5.95. The molecule has 0 aromatic rings. The summed E-state index contributed by atoms with van der Waals surface area (Å²) in [4.78, 5) is 16.3. The molecule has 0 N–H and O–H groups in total. The molecular formula is C20H40N2O. The van der Waals surface area contributed by atoms with Crippen LogP contribution in [0.1, 0.15) is 67.7 Å².